The van der Waals surface area contributed by atoms with Crippen LogP contribution in [0.15, 0.2) is 17.4 Å². The number of aliphatic imine (C=N–C) groups is 1. The number of carbonyl (C=O) groups is 1. The monoisotopic (exact) mass is 143 g/mol. The predicted octanol–water partition coefficient (Wildman–Crippen LogP) is -0.488. The van der Waals surface area contributed by atoms with E-state index >= 15 is 0 Å². The Morgan fingerprint density at radius 3 is 2.90 bits per heavy atom. The molecule has 0 spiro atoms. The Balaban J connectivity index is 3.86. The summed E-state index contributed by atoms with van der Waals surface area (Å²) in [6, 6.07) is 0. The summed E-state index contributed by atoms with van der Waals surface area (Å²) in [4.78, 5) is 17.6. The van der Waals surface area contributed by atoms with Gasteiger partial charge in [0.1, 0.15) is 5.82 Å². The summed E-state index contributed by atoms with van der Waals surface area (Å²) in [5, 5.41) is 2.21. The second-order valence-electron chi connectivity index (χ2n) is 1.46. The first-order valence-corrected chi connectivity index (χ1v) is 2.51. The van der Waals surface area contributed by atoms with E-state index in [1.165, 1.54) is 6.92 Å². The van der Waals surface area contributed by atoms with E-state index in [0.717, 1.165) is 0 Å². The van der Waals surface area contributed by atoms with Crippen LogP contribution in [0.25, 0.3) is 0 Å². The number of rotatable bonds is 3. The van der Waals surface area contributed by atoms with Crippen molar-refractivity contribution in [2.75, 3.05) is 0 Å². The Bertz CT molecular complexity index is 164. The summed E-state index contributed by atoms with van der Waals surface area (Å²) in [7, 11) is 0. The van der Waals surface area contributed by atoms with Crippen molar-refractivity contribution in [1.82, 2.24) is 5.32 Å². The minimum atomic E-state index is 0.193. The number of nitrogens with zero attached hydrogens (tertiary/aromatic N) is 1. The van der Waals surface area contributed by atoms with Gasteiger partial charge in [-0.25, -0.2) is 0 Å². The molecule has 3 N–H and O–H groups in total. The van der Waals surface area contributed by atoms with Crippen LogP contribution in [0.2, 0.25) is 0 Å². The highest BCUT2D eigenvalue weighted by Gasteiger charge is 1.89. The molecule has 0 aromatic rings. The molecule has 56 valence electrons. The fourth-order valence-corrected chi connectivity index (χ4v) is 0.317. The summed E-state index contributed by atoms with van der Waals surface area (Å²) < 4.78 is 0. The van der Waals surface area contributed by atoms with Crippen LogP contribution >= 0.6 is 0 Å². The lowest BCUT2D eigenvalue weighted by atomic mass is 10.7. The zero-order valence-electron chi connectivity index (χ0n) is 5.63. The van der Waals surface area contributed by atoms with Gasteiger partial charge in [0.15, 0.2) is 0 Å². The maximum Gasteiger partial charge on any atom is 0.212 e. The highest BCUT2D eigenvalue weighted by Crippen LogP contribution is 1.85. The summed E-state index contributed by atoms with van der Waals surface area (Å²) in [6.45, 7) is 4.91. The fourth-order valence-electron chi connectivity index (χ4n) is 0.317. The van der Waals surface area contributed by atoms with Crippen molar-refractivity contribution in [2.24, 2.45) is 10.9 Å². The lowest BCUT2D eigenvalue weighted by Crippen LogP contribution is -2.11. The number of nitrogens with one attached hydrogen (secondary N) is 1. The molecule has 0 saturated carbocycles. The fraction of sp³-hybridized carbons (Fsp3) is 0.200. The first-order chi connectivity index (χ1) is 4.70. The van der Waals surface area contributed by atoms with E-state index in [0.29, 0.717) is 6.41 Å². The zero-order chi connectivity index (χ0) is 7.98. The Labute approximate surface area is 58.5 Å². The molecule has 0 aliphatic carbocycles. The van der Waals surface area contributed by atoms with Crippen LogP contribution < -0.4 is 11.2 Å². The highest BCUT2D eigenvalue weighted by atomic mass is 16.6. The van der Waals surface area contributed by atoms with Crippen LogP contribution in [0, 0.1) is 0 Å². The Morgan fingerprint density at radius 1 is 1.90 bits per heavy atom. The molecule has 0 aromatic carbocycles. The van der Waals surface area contributed by atoms with Gasteiger partial charge in [-0.05, 0) is 0 Å². The van der Waals surface area contributed by atoms with Crippen molar-refractivity contribution in [3.05, 3.63) is 12.4 Å². The van der Waals surface area contributed by atoms with E-state index in [1.54, 1.807) is 0 Å². The van der Waals surface area contributed by atoms with Gasteiger partial charge in [0, 0.05) is 6.92 Å². The van der Waals surface area contributed by atoms with Crippen molar-refractivity contribution >= 4 is 12.3 Å². The van der Waals surface area contributed by atoms with Gasteiger partial charge in [0.25, 0.3) is 0 Å². The summed E-state index contributed by atoms with van der Waals surface area (Å²) in [5.41, 5.74) is 0. The van der Waals surface area contributed by atoms with Gasteiger partial charge in [-0.2, -0.15) is 10.9 Å². The van der Waals surface area contributed by atoms with Gasteiger partial charge in [0.2, 0.25) is 12.3 Å². The van der Waals surface area contributed by atoms with Crippen LogP contribution in [0.5, 0.6) is 0 Å². The SMILES string of the molecule is C=C(/N=C(/C)ON)NC=O. The van der Waals surface area contributed by atoms with E-state index in [1.807, 2.05) is 0 Å². The highest BCUT2D eigenvalue weighted by molar-refractivity contribution is 5.74. The Morgan fingerprint density at radius 2 is 2.50 bits per heavy atom. The van der Waals surface area contributed by atoms with E-state index in [9.17, 15) is 4.79 Å². The van der Waals surface area contributed by atoms with Gasteiger partial charge >= 0.3 is 0 Å². The quantitative estimate of drug-likeness (QED) is 0.242. The number of hydrogen-bond acceptors (Lipinski definition) is 4. The number of amides is 1. The molecular formula is C5H9N3O2. The average Bonchev–Trinajstić information content (AvgIpc) is 1.88. The molecular weight excluding hydrogens is 134 g/mol. The molecule has 1 amide bonds. The van der Waals surface area contributed by atoms with Gasteiger partial charge in [-0.3, -0.25) is 4.79 Å². The molecule has 0 heterocycles. The average molecular weight is 143 g/mol. The number of hydrogen-bond donors (Lipinski definition) is 2. The maximum atomic E-state index is 9.77. The van der Waals surface area contributed by atoms with Gasteiger partial charge < -0.3 is 10.2 Å². The molecule has 0 aromatic heterocycles. The van der Waals surface area contributed by atoms with E-state index in [2.05, 4.69) is 21.7 Å². The minimum Gasteiger partial charge on any atom is -0.396 e. The Hall–Kier alpha value is -1.36. The van der Waals surface area contributed by atoms with Crippen molar-refractivity contribution < 1.29 is 9.63 Å². The van der Waals surface area contributed by atoms with Crippen LogP contribution in [0.4, 0.5) is 0 Å². The van der Waals surface area contributed by atoms with Gasteiger partial charge in [-0.15, -0.1) is 0 Å². The van der Waals surface area contributed by atoms with Crippen molar-refractivity contribution in [3.8, 4) is 0 Å². The van der Waals surface area contributed by atoms with Crippen LogP contribution in [-0.4, -0.2) is 12.3 Å². The van der Waals surface area contributed by atoms with E-state index in [4.69, 9.17) is 5.90 Å². The van der Waals surface area contributed by atoms with Crippen molar-refractivity contribution in [3.63, 3.8) is 0 Å². The lowest BCUT2D eigenvalue weighted by Gasteiger charge is -1.97. The molecule has 0 rings (SSSR count). The third-order valence-corrected chi connectivity index (χ3v) is 0.688. The molecule has 10 heavy (non-hydrogen) atoms. The largest absolute Gasteiger partial charge is 0.396 e. The van der Waals surface area contributed by atoms with Gasteiger partial charge in [0.05, 0.1) is 0 Å². The van der Waals surface area contributed by atoms with E-state index < -0.39 is 0 Å². The minimum absolute atomic E-state index is 0.193. The van der Waals surface area contributed by atoms with Crippen molar-refractivity contribution in [2.45, 2.75) is 6.92 Å². The molecule has 0 atom stereocenters. The van der Waals surface area contributed by atoms with Crippen LogP contribution in [0.1, 0.15) is 6.92 Å². The molecule has 0 aliphatic heterocycles. The van der Waals surface area contributed by atoms with Crippen LogP contribution in [-0.2, 0) is 9.63 Å². The molecule has 0 radical (unpaired) electrons. The maximum absolute atomic E-state index is 9.77. The second kappa shape index (κ2) is 4.51. The molecule has 0 saturated heterocycles. The third-order valence-electron chi connectivity index (χ3n) is 0.688. The smallest absolute Gasteiger partial charge is 0.212 e. The van der Waals surface area contributed by atoms with Crippen molar-refractivity contribution in [1.29, 1.82) is 0 Å². The molecule has 0 bridgehead atoms. The number of carbonyl (C=O) groups excluding carboxylic acids is 1. The van der Waals surface area contributed by atoms with Crippen LogP contribution in [0.3, 0.4) is 0 Å². The Kier molecular flexibility index (Phi) is 3.90. The first-order valence-electron chi connectivity index (χ1n) is 2.51. The zero-order valence-corrected chi connectivity index (χ0v) is 5.63. The standard InChI is InChI=1S/C5H9N3O2/c1-4(7-3-9)8-5(2)10-6/h3H,1,6H2,2H3,(H,7,9)/b8-5-. The summed E-state index contributed by atoms with van der Waals surface area (Å²) >= 11 is 0. The number of nitrogens with two attached hydrogens (primary N) is 1. The lowest BCUT2D eigenvalue weighted by molar-refractivity contribution is -0.108. The summed E-state index contributed by atoms with van der Waals surface area (Å²) in [6.07, 6.45) is 0.468. The normalized spacial score (nSPS) is 10.4. The topological polar surface area (TPSA) is 76.7 Å². The first kappa shape index (κ1) is 8.64. The predicted molar refractivity (Wildman–Crippen MR) is 36.7 cm³/mol. The third kappa shape index (κ3) is 3.62. The molecule has 5 heteroatoms. The van der Waals surface area contributed by atoms with Gasteiger partial charge in [-0.1, -0.05) is 6.58 Å². The molecule has 5 nitrogen and oxygen atoms in total. The molecule has 0 fully saturated rings. The second-order valence-corrected chi connectivity index (χ2v) is 1.46. The van der Waals surface area contributed by atoms with E-state index in [-0.39, 0.29) is 11.7 Å². The molecule has 0 unspecified atom stereocenters. The molecule has 0 aliphatic rings. The summed E-state index contributed by atoms with van der Waals surface area (Å²) in [5.74, 6) is 5.16.